The Morgan fingerprint density at radius 2 is 0.932 bits per heavy atom. The Morgan fingerprint density at radius 3 is 1.25 bits per heavy atom. The molecular formula is C34H46N2O8. The minimum Gasteiger partial charge on any atom is -0.494 e. The molecule has 44 heavy (non-hydrogen) atoms. The Morgan fingerprint density at radius 1 is 0.568 bits per heavy atom. The lowest BCUT2D eigenvalue weighted by molar-refractivity contribution is -0.187. The zero-order valence-electron chi connectivity index (χ0n) is 25.8. The number of amides is 2. The topological polar surface area (TPSA) is 134 Å². The fourth-order valence-electron chi connectivity index (χ4n) is 5.83. The lowest BCUT2D eigenvalue weighted by Crippen LogP contribution is -2.64. The molecular weight excluding hydrogens is 564 g/mol. The number of ether oxygens (including phenoxy) is 2. The Labute approximate surface area is 259 Å². The molecule has 240 valence electrons. The quantitative estimate of drug-likeness (QED) is 0.204. The van der Waals surface area contributed by atoms with Gasteiger partial charge in [-0.1, -0.05) is 50.2 Å². The van der Waals surface area contributed by atoms with Gasteiger partial charge in [0.1, 0.15) is 11.5 Å². The number of benzene rings is 2. The smallest absolute Gasteiger partial charge is 0.308 e. The van der Waals surface area contributed by atoms with Gasteiger partial charge in [0.2, 0.25) is 11.8 Å². The van der Waals surface area contributed by atoms with Crippen LogP contribution in [0.5, 0.6) is 11.5 Å². The Hall–Kier alpha value is -4.08. The van der Waals surface area contributed by atoms with Crippen molar-refractivity contribution in [3.63, 3.8) is 0 Å². The minimum atomic E-state index is -1.39. The Kier molecular flexibility index (Phi) is 14.0. The van der Waals surface area contributed by atoms with E-state index in [0.29, 0.717) is 77.9 Å². The van der Waals surface area contributed by atoms with E-state index >= 15 is 0 Å². The largest absolute Gasteiger partial charge is 0.494 e. The van der Waals surface area contributed by atoms with Gasteiger partial charge in [-0.25, -0.2) is 0 Å². The van der Waals surface area contributed by atoms with Crippen molar-refractivity contribution in [2.24, 2.45) is 23.7 Å². The van der Waals surface area contributed by atoms with Gasteiger partial charge in [0.05, 0.1) is 36.9 Å². The van der Waals surface area contributed by atoms with E-state index in [9.17, 15) is 29.4 Å². The van der Waals surface area contributed by atoms with Crippen LogP contribution in [0.1, 0.15) is 52.4 Å². The first kappa shape index (κ1) is 34.4. The standard InChI is InChI=1S/C34H46N2O8/c1-3-19-35(21-11-13-23-43-25-15-7-5-8-16-25)31(37)27-29(33(39)40)28(30(27)34(41)42)32(38)36(20-4-2)22-12-14-24-44-26-17-9-6-10-18-26/h5-10,15-18,27-30H,3-4,11-14,19-24H2,1-2H3,(H,39,40)(H,41,42)/t27-,28-,29-,30-. The van der Waals surface area contributed by atoms with E-state index in [1.54, 1.807) is 9.80 Å². The summed E-state index contributed by atoms with van der Waals surface area (Å²) in [5.41, 5.74) is 0. The fraction of sp³-hybridized carbons (Fsp3) is 0.529. The van der Waals surface area contributed by atoms with Crippen LogP contribution in [0.25, 0.3) is 0 Å². The summed E-state index contributed by atoms with van der Waals surface area (Å²) in [7, 11) is 0. The maximum atomic E-state index is 13.7. The molecule has 2 aromatic rings. The maximum absolute atomic E-state index is 13.7. The molecule has 1 aliphatic carbocycles. The predicted molar refractivity (Wildman–Crippen MR) is 165 cm³/mol. The van der Waals surface area contributed by atoms with Gasteiger partial charge in [0, 0.05) is 26.2 Å². The second kappa shape index (κ2) is 17.9. The monoisotopic (exact) mass is 610 g/mol. The summed E-state index contributed by atoms with van der Waals surface area (Å²) in [4.78, 5) is 55.4. The van der Waals surface area contributed by atoms with Gasteiger partial charge in [-0.3, -0.25) is 19.2 Å². The van der Waals surface area contributed by atoms with Gasteiger partial charge >= 0.3 is 11.9 Å². The molecule has 2 amide bonds. The van der Waals surface area contributed by atoms with Gasteiger partial charge < -0.3 is 29.5 Å². The van der Waals surface area contributed by atoms with E-state index in [-0.39, 0.29) is 0 Å². The molecule has 10 heteroatoms. The molecule has 2 N–H and O–H groups in total. The third kappa shape index (κ3) is 9.46. The number of carboxylic acid groups (broad SMARTS) is 2. The number of carbonyl (C=O) groups excluding carboxylic acids is 2. The average molecular weight is 611 g/mol. The van der Waals surface area contributed by atoms with Crippen molar-refractivity contribution in [1.82, 2.24) is 9.80 Å². The molecule has 0 saturated heterocycles. The Bertz CT molecular complexity index is 1090. The molecule has 0 aliphatic heterocycles. The third-order valence-corrected chi connectivity index (χ3v) is 7.97. The van der Waals surface area contributed by atoms with E-state index in [0.717, 1.165) is 11.5 Å². The van der Waals surface area contributed by atoms with Crippen molar-refractivity contribution >= 4 is 23.8 Å². The van der Waals surface area contributed by atoms with Crippen LogP contribution >= 0.6 is 0 Å². The number of nitrogens with zero attached hydrogens (tertiary/aromatic N) is 2. The Balaban J connectivity index is 1.62. The lowest BCUT2D eigenvalue weighted by Gasteiger charge is -2.48. The molecule has 0 radical (unpaired) electrons. The van der Waals surface area contributed by atoms with Gasteiger partial charge in [0.15, 0.2) is 0 Å². The zero-order valence-corrected chi connectivity index (χ0v) is 25.8. The summed E-state index contributed by atoms with van der Waals surface area (Å²) >= 11 is 0. The van der Waals surface area contributed by atoms with Crippen molar-refractivity contribution in [2.45, 2.75) is 52.4 Å². The fourth-order valence-corrected chi connectivity index (χ4v) is 5.83. The average Bonchev–Trinajstić information content (AvgIpc) is 2.99. The molecule has 1 fully saturated rings. The van der Waals surface area contributed by atoms with Crippen molar-refractivity contribution in [2.75, 3.05) is 39.4 Å². The second-order valence-electron chi connectivity index (χ2n) is 11.2. The van der Waals surface area contributed by atoms with E-state index < -0.39 is 47.4 Å². The number of rotatable bonds is 20. The molecule has 0 bridgehead atoms. The molecule has 1 aliphatic rings. The summed E-state index contributed by atoms with van der Waals surface area (Å²) < 4.78 is 11.4. The summed E-state index contributed by atoms with van der Waals surface area (Å²) in [6.07, 6.45) is 3.83. The van der Waals surface area contributed by atoms with Gasteiger partial charge in [-0.05, 0) is 62.8 Å². The van der Waals surface area contributed by atoms with Crippen LogP contribution in [-0.2, 0) is 19.2 Å². The molecule has 0 atom stereocenters. The highest BCUT2D eigenvalue weighted by atomic mass is 16.5. The third-order valence-electron chi connectivity index (χ3n) is 7.97. The summed E-state index contributed by atoms with van der Waals surface area (Å²) in [6, 6.07) is 18.8. The molecule has 0 spiro atoms. The number of unbranched alkanes of at least 4 members (excludes halogenated alkanes) is 2. The first-order valence-corrected chi connectivity index (χ1v) is 15.7. The highest BCUT2D eigenvalue weighted by Gasteiger charge is 2.64. The van der Waals surface area contributed by atoms with E-state index in [2.05, 4.69) is 0 Å². The lowest BCUT2D eigenvalue weighted by atomic mass is 9.55. The van der Waals surface area contributed by atoms with Crippen LogP contribution in [0.2, 0.25) is 0 Å². The number of hydrogen-bond donors (Lipinski definition) is 2. The SMILES string of the molecule is CCCN(CCCCOc1ccccc1)C(=O)[C@H]1[C@H](C(=O)O)[C@H](C(=O)N(CCC)CCCCOc2ccccc2)[C@H]1C(=O)O. The number of aliphatic carboxylic acids is 2. The molecule has 3 rings (SSSR count). The summed E-state index contributed by atoms with van der Waals surface area (Å²) in [5, 5.41) is 20.3. The molecule has 1 saturated carbocycles. The maximum Gasteiger partial charge on any atom is 0.308 e. The van der Waals surface area contributed by atoms with Crippen LogP contribution < -0.4 is 9.47 Å². The highest BCUT2D eigenvalue weighted by molar-refractivity contribution is 5.99. The molecule has 0 aromatic heterocycles. The van der Waals surface area contributed by atoms with Crippen LogP contribution in [0, 0.1) is 23.7 Å². The van der Waals surface area contributed by atoms with Crippen LogP contribution in [-0.4, -0.2) is 83.2 Å². The van der Waals surface area contributed by atoms with Gasteiger partial charge in [-0.15, -0.1) is 0 Å². The second-order valence-corrected chi connectivity index (χ2v) is 11.2. The molecule has 0 unspecified atom stereocenters. The molecule has 10 nitrogen and oxygen atoms in total. The first-order chi connectivity index (χ1) is 21.3. The highest BCUT2D eigenvalue weighted by Crippen LogP contribution is 2.48. The van der Waals surface area contributed by atoms with Crippen LogP contribution in [0.3, 0.4) is 0 Å². The number of para-hydroxylation sites is 2. The van der Waals surface area contributed by atoms with Crippen LogP contribution in [0.15, 0.2) is 60.7 Å². The van der Waals surface area contributed by atoms with Gasteiger partial charge in [-0.2, -0.15) is 0 Å². The van der Waals surface area contributed by atoms with Gasteiger partial charge in [0.25, 0.3) is 0 Å². The molecule has 0 heterocycles. The van der Waals surface area contributed by atoms with E-state index in [1.165, 1.54) is 0 Å². The predicted octanol–water partition coefficient (Wildman–Crippen LogP) is 4.83. The summed E-state index contributed by atoms with van der Waals surface area (Å²) in [6.45, 7) is 6.18. The zero-order chi connectivity index (χ0) is 31.9. The molecule has 2 aromatic carbocycles. The van der Waals surface area contributed by atoms with Crippen LogP contribution in [0.4, 0.5) is 0 Å². The number of carboxylic acids is 2. The number of carbonyl (C=O) groups is 4. The van der Waals surface area contributed by atoms with Crippen molar-refractivity contribution in [3.05, 3.63) is 60.7 Å². The van der Waals surface area contributed by atoms with E-state index in [4.69, 9.17) is 9.47 Å². The van der Waals surface area contributed by atoms with Crippen molar-refractivity contribution in [1.29, 1.82) is 0 Å². The number of hydrogen-bond acceptors (Lipinski definition) is 6. The summed E-state index contributed by atoms with van der Waals surface area (Å²) in [5.74, 6) is -7.53. The van der Waals surface area contributed by atoms with Crippen molar-refractivity contribution in [3.8, 4) is 11.5 Å². The van der Waals surface area contributed by atoms with Crippen molar-refractivity contribution < 1.29 is 38.9 Å². The first-order valence-electron chi connectivity index (χ1n) is 15.7. The normalized spacial score (nSPS) is 19.0. The van der Waals surface area contributed by atoms with E-state index in [1.807, 2.05) is 74.5 Å². The minimum absolute atomic E-state index is 0.353.